The number of hydrogen-bond donors (Lipinski definition) is 3. The fourth-order valence-electron chi connectivity index (χ4n) is 0.773. The molecular formula is C6H12Br2N2O3. The first-order chi connectivity index (χ1) is 5.99. The highest BCUT2D eigenvalue weighted by Gasteiger charge is 2.22. The highest BCUT2D eigenvalue weighted by molar-refractivity contribution is 9.21. The molecule has 0 aromatic rings. The Bertz CT molecular complexity index is 168. The molecule has 5 nitrogen and oxygen atoms in total. The van der Waals surface area contributed by atoms with Gasteiger partial charge in [-0.3, -0.25) is 4.79 Å². The van der Waals surface area contributed by atoms with Crippen LogP contribution in [0.3, 0.4) is 0 Å². The molecule has 2 atom stereocenters. The van der Waals surface area contributed by atoms with Gasteiger partial charge in [0.25, 0.3) is 0 Å². The van der Waals surface area contributed by atoms with E-state index in [-0.39, 0.29) is 6.54 Å². The second-order valence-corrected chi connectivity index (χ2v) is 5.06. The Kier molecular flexibility index (Phi) is 6.88. The molecule has 0 rings (SSSR count). The third-order valence-electron chi connectivity index (χ3n) is 1.57. The molecule has 0 aromatic carbocycles. The number of halogens is 2. The van der Waals surface area contributed by atoms with Crippen LogP contribution in [0.15, 0.2) is 0 Å². The number of nitrogens with two attached hydrogens (primary N) is 1. The van der Waals surface area contributed by atoms with Gasteiger partial charge in [-0.25, -0.2) is 0 Å². The molecule has 0 aliphatic carbocycles. The molecule has 0 saturated carbocycles. The summed E-state index contributed by atoms with van der Waals surface area (Å²) in [6, 6.07) is -0.707. The van der Waals surface area contributed by atoms with Crippen molar-refractivity contribution in [3.8, 4) is 0 Å². The summed E-state index contributed by atoms with van der Waals surface area (Å²) in [5.41, 5.74) is 5.18. The van der Waals surface area contributed by atoms with Gasteiger partial charge in [0.05, 0.1) is 6.10 Å². The minimum absolute atomic E-state index is 0.150. The zero-order valence-electron chi connectivity index (χ0n) is 6.86. The fourth-order valence-corrected chi connectivity index (χ4v) is 1.53. The lowest BCUT2D eigenvalue weighted by Crippen LogP contribution is -2.31. The van der Waals surface area contributed by atoms with Crippen molar-refractivity contribution >= 4 is 38.3 Å². The van der Waals surface area contributed by atoms with Gasteiger partial charge in [0.1, 0.15) is 6.04 Å². The van der Waals surface area contributed by atoms with E-state index >= 15 is 0 Å². The number of carbonyl (C=O) groups is 1. The molecule has 0 heterocycles. The van der Waals surface area contributed by atoms with E-state index in [1.54, 1.807) is 0 Å². The smallest absolute Gasteiger partial charge is 0.322 e. The SMILES string of the molecule is NC[C@H](O)CC[C@@H](C(=O)O)N(Br)Br. The molecule has 0 saturated heterocycles. The van der Waals surface area contributed by atoms with E-state index < -0.39 is 18.1 Å². The summed E-state index contributed by atoms with van der Waals surface area (Å²) in [4.78, 5) is 10.6. The zero-order valence-corrected chi connectivity index (χ0v) is 10.0. The topological polar surface area (TPSA) is 86.8 Å². The molecule has 4 N–H and O–H groups in total. The molecule has 0 aliphatic heterocycles. The van der Waals surface area contributed by atoms with E-state index in [9.17, 15) is 4.79 Å². The minimum atomic E-state index is -0.960. The van der Waals surface area contributed by atoms with Crippen LogP contribution in [0.2, 0.25) is 0 Å². The molecule has 0 spiro atoms. The van der Waals surface area contributed by atoms with Crippen LogP contribution in [0.1, 0.15) is 12.8 Å². The predicted molar refractivity (Wildman–Crippen MR) is 55.4 cm³/mol. The quantitative estimate of drug-likeness (QED) is 0.619. The van der Waals surface area contributed by atoms with Gasteiger partial charge >= 0.3 is 5.97 Å². The average Bonchev–Trinajstić information content (AvgIpc) is 2.03. The minimum Gasteiger partial charge on any atom is -0.480 e. The van der Waals surface area contributed by atoms with Crippen LogP contribution >= 0.6 is 32.3 Å². The standard InChI is InChI=1S/C6H12Br2N2O3/c7-10(8)5(6(12)13)2-1-4(11)3-9/h4-5,11H,1-3,9H2,(H,12,13)/t4-,5+/m1/s1. The van der Waals surface area contributed by atoms with Gasteiger partial charge < -0.3 is 15.9 Å². The second kappa shape index (κ2) is 6.72. The van der Waals surface area contributed by atoms with Gasteiger partial charge in [-0.15, -0.1) is 0 Å². The van der Waals surface area contributed by atoms with E-state index in [1.165, 1.54) is 2.95 Å². The number of carboxylic acids is 1. The number of hydrogen-bond acceptors (Lipinski definition) is 4. The third-order valence-corrected chi connectivity index (χ3v) is 2.55. The number of aliphatic carboxylic acids is 1. The van der Waals surface area contributed by atoms with Crippen molar-refractivity contribution < 1.29 is 15.0 Å². The van der Waals surface area contributed by atoms with Gasteiger partial charge in [-0.1, -0.05) is 0 Å². The molecule has 0 aliphatic rings. The highest BCUT2D eigenvalue weighted by Crippen LogP contribution is 2.17. The number of aliphatic hydroxyl groups is 1. The molecule has 78 valence electrons. The van der Waals surface area contributed by atoms with Gasteiger partial charge in [0, 0.05) is 38.8 Å². The summed E-state index contributed by atoms with van der Waals surface area (Å²) < 4.78 is 1.24. The summed E-state index contributed by atoms with van der Waals surface area (Å²) in [6.07, 6.45) is 0.0487. The number of aliphatic hydroxyl groups excluding tert-OH is 1. The lowest BCUT2D eigenvalue weighted by Gasteiger charge is -2.16. The predicted octanol–water partition coefficient (Wildman–Crippen LogP) is 0.461. The van der Waals surface area contributed by atoms with Gasteiger partial charge in [-0.2, -0.15) is 2.95 Å². The Hall–Kier alpha value is 0.310. The van der Waals surface area contributed by atoms with Crippen LogP contribution in [0.4, 0.5) is 0 Å². The van der Waals surface area contributed by atoms with Crippen LogP contribution < -0.4 is 5.73 Å². The first-order valence-corrected chi connectivity index (χ1v) is 5.12. The Labute approximate surface area is 93.6 Å². The van der Waals surface area contributed by atoms with Crippen LogP contribution in [0.25, 0.3) is 0 Å². The molecule has 0 radical (unpaired) electrons. The summed E-state index contributed by atoms with van der Waals surface area (Å²) in [6.45, 7) is 0.150. The summed E-state index contributed by atoms with van der Waals surface area (Å²) in [5.74, 6) is -0.960. The van der Waals surface area contributed by atoms with E-state index in [2.05, 4.69) is 32.3 Å². The van der Waals surface area contributed by atoms with Crippen molar-refractivity contribution in [1.29, 1.82) is 0 Å². The first kappa shape index (κ1) is 13.3. The largest absolute Gasteiger partial charge is 0.480 e. The second-order valence-electron chi connectivity index (χ2n) is 2.58. The van der Waals surface area contributed by atoms with Crippen molar-refractivity contribution in [2.24, 2.45) is 5.73 Å². The normalized spacial score (nSPS) is 15.8. The van der Waals surface area contributed by atoms with Crippen LogP contribution in [0, 0.1) is 0 Å². The number of nitrogens with zero attached hydrogens (tertiary/aromatic N) is 1. The van der Waals surface area contributed by atoms with Crippen LogP contribution in [0.5, 0.6) is 0 Å². The Morgan fingerprint density at radius 1 is 1.46 bits per heavy atom. The number of carboxylic acid groups (broad SMARTS) is 1. The maximum atomic E-state index is 10.6. The molecular weight excluding hydrogens is 308 g/mol. The lowest BCUT2D eigenvalue weighted by molar-refractivity contribution is -0.140. The molecule has 0 bridgehead atoms. The van der Waals surface area contributed by atoms with Crippen LogP contribution in [-0.2, 0) is 4.79 Å². The molecule has 7 heteroatoms. The van der Waals surface area contributed by atoms with Gasteiger partial charge in [0.2, 0.25) is 0 Å². The van der Waals surface area contributed by atoms with E-state index in [4.69, 9.17) is 15.9 Å². The molecule has 0 amide bonds. The monoisotopic (exact) mass is 318 g/mol. The highest BCUT2D eigenvalue weighted by atomic mass is 79.9. The van der Waals surface area contributed by atoms with Gasteiger partial charge in [-0.05, 0) is 12.8 Å². The van der Waals surface area contributed by atoms with Crippen molar-refractivity contribution in [3.05, 3.63) is 0 Å². The van der Waals surface area contributed by atoms with E-state index in [1.807, 2.05) is 0 Å². The maximum absolute atomic E-state index is 10.6. The molecule has 13 heavy (non-hydrogen) atoms. The molecule has 0 aromatic heterocycles. The fraction of sp³-hybridized carbons (Fsp3) is 0.833. The average molecular weight is 320 g/mol. The Morgan fingerprint density at radius 2 is 2.00 bits per heavy atom. The van der Waals surface area contributed by atoms with E-state index in [0.717, 1.165) is 0 Å². The van der Waals surface area contributed by atoms with Crippen molar-refractivity contribution in [1.82, 2.24) is 2.95 Å². The zero-order chi connectivity index (χ0) is 10.4. The van der Waals surface area contributed by atoms with Crippen molar-refractivity contribution in [2.45, 2.75) is 25.0 Å². The van der Waals surface area contributed by atoms with E-state index in [0.29, 0.717) is 12.8 Å². The first-order valence-electron chi connectivity index (χ1n) is 3.70. The van der Waals surface area contributed by atoms with Crippen LogP contribution in [-0.4, -0.2) is 37.8 Å². The van der Waals surface area contributed by atoms with Crippen molar-refractivity contribution in [2.75, 3.05) is 6.54 Å². The van der Waals surface area contributed by atoms with Crippen molar-refractivity contribution in [3.63, 3.8) is 0 Å². The molecule has 0 fully saturated rings. The summed E-state index contributed by atoms with van der Waals surface area (Å²) in [7, 11) is 0. The Morgan fingerprint density at radius 3 is 2.31 bits per heavy atom. The maximum Gasteiger partial charge on any atom is 0.322 e. The lowest BCUT2D eigenvalue weighted by atomic mass is 10.1. The summed E-state index contributed by atoms with van der Waals surface area (Å²) >= 11 is 5.94. The third kappa shape index (κ3) is 5.58. The Balaban J connectivity index is 3.90. The summed E-state index contributed by atoms with van der Waals surface area (Å²) in [5, 5.41) is 17.8. The number of rotatable bonds is 6. The van der Waals surface area contributed by atoms with Gasteiger partial charge in [0.15, 0.2) is 0 Å². The molecule has 0 unspecified atom stereocenters.